The van der Waals surface area contributed by atoms with Crippen molar-refractivity contribution in [2.45, 2.75) is 33.2 Å². The summed E-state index contributed by atoms with van der Waals surface area (Å²) in [5, 5.41) is 8.78. The van der Waals surface area contributed by atoms with Crippen molar-refractivity contribution in [1.29, 1.82) is 5.26 Å². The van der Waals surface area contributed by atoms with Gasteiger partial charge in [0, 0.05) is 12.8 Å². The number of nitriles is 1. The number of carbonyl (C=O) groups excluding carboxylic acids is 2. The molecule has 0 bridgehead atoms. The van der Waals surface area contributed by atoms with E-state index < -0.39 is 5.82 Å². The number of benzene rings is 1. The number of amides is 2. The molecule has 2 amide bonds. The maximum Gasteiger partial charge on any atom is 0.230 e. The first kappa shape index (κ1) is 14.2. The molecule has 1 saturated heterocycles. The first-order valence-corrected chi connectivity index (χ1v) is 6.34. The molecule has 104 valence electrons. The first-order chi connectivity index (χ1) is 9.32. The van der Waals surface area contributed by atoms with Crippen LogP contribution in [0.3, 0.4) is 0 Å². The lowest BCUT2D eigenvalue weighted by Gasteiger charge is -2.34. The second-order valence-electron chi connectivity index (χ2n) is 5.82. The van der Waals surface area contributed by atoms with Gasteiger partial charge in [-0.2, -0.15) is 5.26 Å². The summed E-state index contributed by atoms with van der Waals surface area (Å²) in [7, 11) is 0. The first-order valence-electron chi connectivity index (χ1n) is 6.34. The summed E-state index contributed by atoms with van der Waals surface area (Å²) in [6.07, 6.45) is 0.621. The number of rotatable bonds is 2. The van der Waals surface area contributed by atoms with Gasteiger partial charge in [0.05, 0.1) is 12.1 Å². The molecule has 1 aromatic carbocycles. The topological polar surface area (TPSA) is 61.2 Å². The number of nitrogens with zero attached hydrogens (tertiary/aromatic N) is 2. The summed E-state index contributed by atoms with van der Waals surface area (Å²) in [6.45, 7) is 3.85. The van der Waals surface area contributed by atoms with Crippen LogP contribution >= 0.6 is 0 Å². The van der Waals surface area contributed by atoms with Gasteiger partial charge in [0.25, 0.3) is 0 Å². The van der Waals surface area contributed by atoms with Crippen molar-refractivity contribution in [3.05, 3.63) is 35.1 Å². The minimum absolute atomic E-state index is 0.0836. The highest BCUT2D eigenvalue weighted by atomic mass is 19.1. The molecular weight excluding hydrogens is 259 g/mol. The lowest BCUT2D eigenvalue weighted by Crippen LogP contribution is -2.45. The standard InChI is InChI=1S/C15H15FN2O2/c1-15(2)6-13(19)18(14(20)7-15)9-10-3-4-12(16)11(5-10)8-17/h3-5H,6-7,9H2,1-2H3. The molecule has 5 heteroatoms. The fourth-order valence-corrected chi connectivity index (χ4v) is 2.33. The highest BCUT2D eigenvalue weighted by molar-refractivity contribution is 5.98. The SMILES string of the molecule is CC1(C)CC(=O)N(Cc2ccc(F)c(C#N)c2)C(=O)C1. The van der Waals surface area contributed by atoms with Crippen LogP contribution in [0.4, 0.5) is 4.39 Å². The normalized spacial score (nSPS) is 18.0. The fraction of sp³-hybridized carbons (Fsp3) is 0.400. The van der Waals surface area contributed by atoms with Gasteiger partial charge < -0.3 is 0 Å². The van der Waals surface area contributed by atoms with Crippen molar-refractivity contribution < 1.29 is 14.0 Å². The molecule has 1 aromatic rings. The largest absolute Gasteiger partial charge is 0.278 e. The Balaban J connectivity index is 2.20. The maximum absolute atomic E-state index is 13.2. The Morgan fingerprint density at radius 2 is 1.90 bits per heavy atom. The van der Waals surface area contributed by atoms with E-state index >= 15 is 0 Å². The van der Waals surface area contributed by atoms with Gasteiger partial charge in [0.1, 0.15) is 11.9 Å². The third-order valence-corrected chi connectivity index (χ3v) is 3.35. The van der Waals surface area contributed by atoms with Crippen LogP contribution in [0.15, 0.2) is 18.2 Å². The molecule has 0 radical (unpaired) electrons. The zero-order chi connectivity index (χ0) is 14.9. The van der Waals surface area contributed by atoms with E-state index in [1.807, 2.05) is 13.8 Å². The number of carbonyl (C=O) groups is 2. The van der Waals surface area contributed by atoms with Crippen molar-refractivity contribution in [2.24, 2.45) is 5.41 Å². The van der Waals surface area contributed by atoms with E-state index in [4.69, 9.17) is 5.26 Å². The Morgan fingerprint density at radius 3 is 2.45 bits per heavy atom. The molecule has 1 aliphatic heterocycles. The van der Waals surface area contributed by atoms with Crippen LogP contribution in [0.1, 0.15) is 37.8 Å². The Kier molecular flexibility index (Phi) is 3.58. The van der Waals surface area contributed by atoms with Crippen molar-refractivity contribution >= 4 is 11.8 Å². The Hall–Kier alpha value is -2.22. The molecule has 1 fully saturated rings. The molecule has 0 saturated carbocycles. The highest BCUT2D eigenvalue weighted by Crippen LogP contribution is 2.32. The molecule has 4 nitrogen and oxygen atoms in total. The number of hydrogen-bond acceptors (Lipinski definition) is 3. The van der Waals surface area contributed by atoms with E-state index in [-0.39, 0.29) is 29.3 Å². The molecule has 0 spiro atoms. The third kappa shape index (κ3) is 2.85. The summed E-state index contributed by atoms with van der Waals surface area (Å²) in [5.41, 5.74) is 0.176. The van der Waals surface area contributed by atoms with Gasteiger partial charge in [-0.1, -0.05) is 19.9 Å². The van der Waals surface area contributed by atoms with Crippen molar-refractivity contribution in [3.63, 3.8) is 0 Å². The van der Waals surface area contributed by atoms with Crippen LogP contribution < -0.4 is 0 Å². The average Bonchev–Trinajstić information content (AvgIpc) is 2.34. The summed E-state index contributed by atoms with van der Waals surface area (Å²) < 4.78 is 13.2. The van der Waals surface area contributed by atoms with Gasteiger partial charge in [0.2, 0.25) is 11.8 Å². The number of piperidine rings is 1. The van der Waals surface area contributed by atoms with E-state index in [9.17, 15) is 14.0 Å². The zero-order valence-electron chi connectivity index (χ0n) is 11.4. The molecule has 20 heavy (non-hydrogen) atoms. The molecule has 0 aromatic heterocycles. The van der Waals surface area contributed by atoms with E-state index in [1.54, 1.807) is 6.07 Å². The van der Waals surface area contributed by atoms with Gasteiger partial charge in [-0.15, -0.1) is 0 Å². The quantitative estimate of drug-likeness (QED) is 0.778. The Bertz CT molecular complexity index is 597. The Morgan fingerprint density at radius 1 is 1.30 bits per heavy atom. The molecule has 1 heterocycles. The summed E-state index contributed by atoms with van der Waals surface area (Å²) in [6, 6.07) is 5.78. The van der Waals surface area contributed by atoms with E-state index in [0.29, 0.717) is 18.4 Å². The number of hydrogen-bond donors (Lipinski definition) is 0. The van der Waals surface area contributed by atoms with Crippen LogP contribution in [0.2, 0.25) is 0 Å². The summed E-state index contributed by atoms with van der Waals surface area (Å²) in [4.78, 5) is 25.2. The van der Waals surface area contributed by atoms with Gasteiger partial charge in [-0.05, 0) is 23.1 Å². The van der Waals surface area contributed by atoms with Gasteiger partial charge in [-0.25, -0.2) is 4.39 Å². The minimum Gasteiger partial charge on any atom is -0.278 e. The molecular formula is C15H15FN2O2. The monoisotopic (exact) mass is 274 g/mol. The molecule has 1 aliphatic rings. The molecule has 0 unspecified atom stereocenters. The van der Waals surface area contributed by atoms with Crippen LogP contribution in [0, 0.1) is 22.6 Å². The number of halogens is 1. The zero-order valence-corrected chi connectivity index (χ0v) is 11.4. The van der Waals surface area contributed by atoms with Gasteiger partial charge in [0.15, 0.2) is 0 Å². The fourth-order valence-electron chi connectivity index (χ4n) is 2.33. The molecule has 0 aliphatic carbocycles. The Labute approximate surface area is 116 Å². The summed E-state index contributed by atoms with van der Waals surface area (Å²) in [5.74, 6) is -1.06. The van der Waals surface area contributed by atoms with Crippen LogP contribution in [-0.4, -0.2) is 16.7 Å². The lowest BCUT2D eigenvalue weighted by atomic mass is 9.81. The predicted octanol–water partition coefficient (Wildman–Crippen LogP) is 2.37. The van der Waals surface area contributed by atoms with Crippen LogP contribution in [-0.2, 0) is 16.1 Å². The highest BCUT2D eigenvalue weighted by Gasteiger charge is 2.37. The molecule has 0 atom stereocenters. The third-order valence-electron chi connectivity index (χ3n) is 3.35. The van der Waals surface area contributed by atoms with Crippen LogP contribution in [0.5, 0.6) is 0 Å². The molecule has 0 N–H and O–H groups in total. The van der Waals surface area contributed by atoms with Crippen LogP contribution in [0.25, 0.3) is 0 Å². The van der Waals surface area contributed by atoms with E-state index in [0.717, 1.165) is 0 Å². The number of likely N-dealkylation sites (tertiary alicyclic amines) is 1. The van der Waals surface area contributed by atoms with Crippen molar-refractivity contribution in [2.75, 3.05) is 0 Å². The second-order valence-corrected chi connectivity index (χ2v) is 5.82. The van der Waals surface area contributed by atoms with Crippen molar-refractivity contribution in [3.8, 4) is 6.07 Å². The van der Waals surface area contributed by atoms with Crippen molar-refractivity contribution in [1.82, 2.24) is 4.90 Å². The van der Waals surface area contributed by atoms with Gasteiger partial charge in [-0.3, -0.25) is 14.5 Å². The summed E-state index contributed by atoms with van der Waals surface area (Å²) >= 11 is 0. The molecule has 2 rings (SSSR count). The van der Waals surface area contributed by atoms with E-state index in [2.05, 4.69) is 0 Å². The van der Waals surface area contributed by atoms with E-state index in [1.165, 1.54) is 23.1 Å². The predicted molar refractivity (Wildman–Crippen MR) is 69.7 cm³/mol. The lowest BCUT2D eigenvalue weighted by molar-refractivity contribution is -0.153. The minimum atomic E-state index is -0.603. The number of imide groups is 1. The maximum atomic E-state index is 13.2. The second kappa shape index (κ2) is 5.04. The average molecular weight is 274 g/mol. The van der Waals surface area contributed by atoms with Gasteiger partial charge >= 0.3 is 0 Å². The smallest absolute Gasteiger partial charge is 0.230 e.